The van der Waals surface area contributed by atoms with E-state index in [4.69, 9.17) is 75.3 Å². The molecular formula is C2H5Cl8SSb. The van der Waals surface area contributed by atoms with Gasteiger partial charge in [-0.15, -0.1) is 0 Å². The van der Waals surface area contributed by atoms with Crippen molar-refractivity contribution in [1.82, 2.24) is 0 Å². The molecule has 0 bridgehead atoms. The molecule has 0 aromatic rings. The van der Waals surface area contributed by atoms with E-state index in [1.807, 2.05) is 6.26 Å². The maximum atomic E-state index is 5.36. The number of rotatable bonds is 1. The number of alkyl halides is 1. The van der Waals surface area contributed by atoms with Gasteiger partial charge in [-0.2, -0.15) is 0 Å². The summed E-state index contributed by atoms with van der Waals surface area (Å²) in [5.74, 6) is 0. The van der Waals surface area contributed by atoms with Gasteiger partial charge in [0, 0.05) is 0 Å². The Morgan fingerprint density at radius 1 is 1.00 bits per heavy atom. The van der Waals surface area contributed by atoms with E-state index in [0.29, 0.717) is 5.21 Å². The summed E-state index contributed by atoms with van der Waals surface area (Å²) >= 11 is 5.22. The molecule has 80 valence electrons. The second-order valence-electron chi connectivity index (χ2n) is 1.62. The molecule has 0 fully saturated rings. The van der Waals surface area contributed by atoms with Crippen LogP contribution in [0.4, 0.5) is 0 Å². The Morgan fingerprint density at radius 2 is 1.08 bits per heavy atom. The number of hydrogen-bond donors (Lipinski definition) is 0. The van der Waals surface area contributed by atoms with Crippen LogP contribution < -0.4 is 0 Å². The number of halogens is 8. The van der Waals surface area contributed by atoms with Crippen molar-refractivity contribution in [3.8, 4) is 0 Å². The first-order chi connectivity index (χ1) is 4.72. The van der Waals surface area contributed by atoms with Crippen molar-refractivity contribution in [1.29, 1.82) is 0 Å². The van der Waals surface area contributed by atoms with E-state index >= 15 is 0 Å². The Morgan fingerprint density at radius 3 is 1.08 bits per heavy atom. The SMILES string of the molecule is C[S+](Cl)CCl.[Cl][Sb-]([Cl])([Cl])([Cl])([Cl])[Cl]. The molecule has 0 saturated carbocycles. The second kappa shape index (κ2) is 5.21. The van der Waals surface area contributed by atoms with Gasteiger partial charge in [0.05, 0.1) is 0 Å². The van der Waals surface area contributed by atoms with Crippen LogP contribution in [-0.4, -0.2) is 20.6 Å². The molecule has 0 aliphatic rings. The van der Waals surface area contributed by atoms with E-state index in [1.165, 1.54) is 0 Å². The molecule has 0 aliphatic heterocycles. The van der Waals surface area contributed by atoms with Gasteiger partial charge in [-0.1, -0.05) is 11.6 Å². The van der Waals surface area contributed by atoms with Crippen LogP contribution in [0.25, 0.3) is 0 Å². The van der Waals surface area contributed by atoms with Crippen molar-refractivity contribution in [2.45, 2.75) is 0 Å². The first-order valence-corrected chi connectivity index (χ1v) is 24.7. The molecule has 0 radical (unpaired) electrons. The molecule has 0 saturated heterocycles. The Balaban J connectivity index is 0. The molecule has 0 spiro atoms. The quantitative estimate of drug-likeness (QED) is 0.278. The Bertz CT molecular complexity index is 118. The zero-order valence-electron chi connectivity index (χ0n) is 5.59. The fourth-order valence-electron chi connectivity index (χ4n) is 0. The first-order valence-electron chi connectivity index (χ1n) is 2.13. The van der Waals surface area contributed by atoms with Gasteiger partial charge in [0.25, 0.3) is 0 Å². The van der Waals surface area contributed by atoms with Crippen molar-refractivity contribution in [3.05, 3.63) is 0 Å². The minimum absolute atomic E-state index is 0.0849. The summed E-state index contributed by atoms with van der Waals surface area (Å²) in [7, 11) is 30.2. The summed E-state index contributed by atoms with van der Waals surface area (Å²) in [4.78, 5) is 0. The van der Waals surface area contributed by atoms with Gasteiger partial charge in [0.15, 0.2) is 15.9 Å². The molecule has 10 heteroatoms. The molecule has 0 aromatic heterocycles. The summed E-state index contributed by atoms with van der Waals surface area (Å²) in [6, 6.07) is 0. The molecule has 1 atom stereocenters. The fraction of sp³-hybridized carbons (Fsp3) is 1.00. The van der Waals surface area contributed by atoms with Gasteiger partial charge in [0.2, 0.25) is 0 Å². The van der Waals surface area contributed by atoms with Gasteiger partial charge >= 0.3 is 62.1 Å². The van der Waals surface area contributed by atoms with E-state index in [1.54, 1.807) is 0 Å². The second-order valence-corrected chi connectivity index (χ2v) is 62.1. The standard InChI is InChI=1S/C2H5Cl2S.6ClH.Sb/c1-5(4)2-3;;;;;;;/h2H2,1H3;6*1H;/q+1;;;;;;;+5/p-6. The Labute approximate surface area is 104 Å². The van der Waals surface area contributed by atoms with Gasteiger partial charge < -0.3 is 0 Å². The summed E-state index contributed by atoms with van der Waals surface area (Å²) < 4.78 is 0. The molecule has 0 heterocycles. The van der Waals surface area contributed by atoms with Crippen LogP contribution >= 0.6 is 75.3 Å². The van der Waals surface area contributed by atoms with E-state index in [9.17, 15) is 0 Å². The Hall–Kier alpha value is 3.49. The first kappa shape index (κ1) is 17.9. The maximum absolute atomic E-state index is 5.42. The van der Waals surface area contributed by atoms with Gasteiger partial charge in [-0.25, -0.2) is 0 Å². The predicted octanol–water partition coefficient (Wildman–Crippen LogP) is 5.34. The van der Waals surface area contributed by atoms with Crippen LogP contribution in [0.2, 0.25) is 0 Å². The van der Waals surface area contributed by atoms with Crippen molar-refractivity contribution in [3.63, 3.8) is 0 Å². The van der Waals surface area contributed by atoms with Gasteiger partial charge in [-0.3, -0.25) is 0 Å². The van der Waals surface area contributed by atoms with Gasteiger partial charge in [0.1, 0.15) is 16.4 Å². The van der Waals surface area contributed by atoms with Crippen LogP contribution in [0.5, 0.6) is 0 Å². The summed E-state index contributed by atoms with van der Waals surface area (Å²) in [5, 5.41) is 0.571. The zero-order chi connectivity index (χ0) is 10.7. The van der Waals surface area contributed by atoms with E-state index in [2.05, 4.69) is 0 Å². The molecular weight excluding hydrogens is 461 g/mol. The average Bonchev–Trinajstić information content (AvgIpc) is 1.56. The molecule has 0 aromatic carbocycles. The summed E-state index contributed by atoms with van der Waals surface area (Å²) in [5.41, 5.74) is 0. The molecule has 0 nitrogen and oxygen atoms in total. The minimum atomic E-state index is -5.42. The summed E-state index contributed by atoms with van der Waals surface area (Å²) in [6.07, 6.45) is 1.88. The molecule has 0 amide bonds. The van der Waals surface area contributed by atoms with Crippen molar-refractivity contribution < 1.29 is 0 Å². The van der Waals surface area contributed by atoms with Crippen molar-refractivity contribution in [2.24, 2.45) is 0 Å². The van der Waals surface area contributed by atoms with Crippen LogP contribution in [0.3, 0.4) is 0 Å². The molecule has 12 heavy (non-hydrogen) atoms. The third-order valence-electron chi connectivity index (χ3n) is 0.150. The normalized spacial score (nSPS) is 19.8. The monoisotopic (exact) mass is 462 g/mol. The average molecular weight is 467 g/mol. The third kappa shape index (κ3) is 69.8. The molecule has 1 unspecified atom stereocenters. The topological polar surface area (TPSA) is 0 Å². The van der Waals surface area contributed by atoms with Crippen LogP contribution in [0.15, 0.2) is 0 Å². The van der Waals surface area contributed by atoms with Gasteiger partial charge in [-0.05, 0) is 0 Å². The van der Waals surface area contributed by atoms with Crippen LogP contribution in [0, 0.1) is 0 Å². The fourth-order valence-corrected chi connectivity index (χ4v) is 0. The molecule has 0 rings (SSSR count). The van der Waals surface area contributed by atoms with Crippen LogP contribution in [0.1, 0.15) is 0 Å². The Kier molecular flexibility index (Phi) is 7.76. The van der Waals surface area contributed by atoms with Crippen molar-refractivity contribution in [2.75, 3.05) is 11.5 Å². The van der Waals surface area contributed by atoms with E-state index in [0.717, 1.165) is 0 Å². The predicted molar refractivity (Wildman–Crippen MR) is 70.7 cm³/mol. The molecule has 0 aliphatic carbocycles. The third-order valence-corrected chi connectivity index (χ3v) is 2.10. The van der Waals surface area contributed by atoms with Crippen LogP contribution in [-0.2, 0) is 10.1 Å². The summed E-state index contributed by atoms with van der Waals surface area (Å²) in [6.45, 7) is 0. The van der Waals surface area contributed by atoms with E-state index < -0.39 is 9.14 Å². The van der Waals surface area contributed by atoms with Crippen molar-refractivity contribution >= 4 is 94.5 Å². The zero-order valence-corrected chi connectivity index (χ0v) is 15.0. The van der Waals surface area contributed by atoms with E-state index in [-0.39, 0.29) is 10.1 Å². The number of hydrogen-bond acceptors (Lipinski definition) is 0. The molecule has 0 N–H and O–H groups in total.